The highest BCUT2D eigenvalue weighted by Gasteiger charge is 2.32. The molecule has 220 valence electrons. The number of benzene rings is 3. The van der Waals surface area contributed by atoms with E-state index in [4.69, 9.17) is 23.1 Å². The van der Waals surface area contributed by atoms with Crippen LogP contribution in [0.3, 0.4) is 0 Å². The third kappa shape index (κ3) is 8.21. The van der Waals surface area contributed by atoms with E-state index in [1.54, 1.807) is 24.3 Å². The Labute approximate surface area is 242 Å². The quantitative estimate of drug-likeness (QED) is 0.126. The van der Waals surface area contributed by atoms with Gasteiger partial charge in [-0.25, -0.2) is 4.39 Å². The Morgan fingerprint density at radius 1 is 0.907 bits per heavy atom. The van der Waals surface area contributed by atoms with Gasteiger partial charge in [-0.3, -0.25) is 14.6 Å². The Balaban J connectivity index is 1.82. The third-order valence-electron chi connectivity index (χ3n) is 5.57. The van der Waals surface area contributed by atoms with Crippen LogP contribution < -0.4 is 25.3 Å². The second-order valence-electron chi connectivity index (χ2n) is 8.96. The van der Waals surface area contributed by atoms with Crippen LogP contribution in [0.25, 0.3) is 11.1 Å². The third-order valence-corrected chi connectivity index (χ3v) is 5.57. The topological polar surface area (TPSA) is 153 Å². The molecule has 5 N–H and O–H groups in total. The summed E-state index contributed by atoms with van der Waals surface area (Å²) in [5.41, 5.74) is 6.03. The van der Waals surface area contributed by atoms with Crippen LogP contribution >= 0.6 is 0 Å². The molecule has 4 rings (SSSR count). The van der Waals surface area contributed by atoms with Gasteiger partial charge in [-0.1, -0.05) is 29.8 Å². The molecule has 0 bridgehead atoms. The number of amides is 2. The van der Waals surface area contributed by atoms with Crippen LogP contribution in [0.4, 0.5) is 23.2 Å². The Morgan fingerprint density at radius 3 is 2.23 bits per heavy atom. The molecule has 43 heavy (non-hydrogen) atoms. The van der Waals surface area contributed by atoms with Crippen LogP contribution in [-0.2, 0) is 0 Å². The van der Waals surface area contributed by atoms with E-state index in [2.05, 4.69) is 15.0 Å². The van der Waals surface area contributed by atoms with E-state index in [1.165, 1.54) is 18.3 Å². The molecule has 0 aliphatic heterocycles. The maximum Gasteiger partial charge on any atom is 0.573 e. The fraction of sp³-hybridized carbons (Fsp3) is 0.107. The minimum absolute atomic E-state index is 0.0212. The number of aliphatic hydroxyl groups is 2. The lowest BCUT2D eigenvalue weighted by atomic mass is 10.0. The number of ether oxygens (including phenoxy) is 3. The first kappa shape index (κ1) is 30.8. The number of aromatic nitrogens is 1. The van der Waals surface area contributed by atoms with E-state index in [9.17, 15) is 33.0 Å². The van der Waals surface area contributed by atoms with E-state index in [0.29, 0.717) is 11.6 Å². The molecule has 0 saturated heterocycles. The van der Waals surface area contributed by atoms with E-state index < -0.39 is 58.4 Å². The average Bonchev–Trinajstić information content (AvgIpc) is 2.88. The van der Waals surface area contributed by atoms with Gasteiger partial charge in [0, 0.05) is 18.0 Å². The molecule has 10 nitrogen and oxygen atoms in total. The molecule has 0 fully saturated rings. The van der Waals surface area contributed by atoms with Crippen molar-refractivity contribution in [3.05, 3.63) is 95.6 Å². The summed E-state index contributed by atoms with van der Waals surface area (Å²) in [4.78, 5) is 28.5. The number of nitrogens with one attached hydrogen (secondary N) is 1. The van der Waals surface area contributed by atoms with Crippen molar-refractivity contribution in [1.82, 2.24) is 4.98 Å². The molecule has 0 aliphatic rings. The zero-order chi connectivity index (χ0) is 31.5. The van der Waals surface area contributed by atoms with Gasteiger partial charge in [-0.2, -0.15) is 0 Å². The average molecular weight is 597 g/mol. The molecular formula is C28H20BF4N3O7. The number of anilines is 1. The number of carbonyl (C=O) groups excluding carboxylic acids is 2. The lowest BCUT2D eigenvalue weighted by molar-refractivity contribution is -0.274. The number of hydrogen-bond acceptors (Lipinski definition) is 8. The van der Waals surface area contributed by atoms with Crippen molar-refractivity contribution in [2.24, 2.45) is 5.73 Å². The highest BCUT2D eigenvalue weighted by atomic mass is 19.4. The monoisotopic (exact) mass is 597 g/mol. The summed E-state index contributed by atoms with van der Waals surface area (Å²) in [6, 6.07) is 13.9. The van der Waals surface area contributed by atoms with Gasteiger partial charge in [0.15, 0.2) is 11.5 Å². The molecule has 0 spiro atoms. The van der Waals surface area contributed by atoms with Crippen LogP contribution in [0.15, 0.2) is 72.9 Å². The van der Waals surface area contributed by atoms with E-state index in [-0.39, 0.29) is 16.9 Å². The zero-order valence-electron chi connectivity index (χ0n) is 22.0. The highest BCUT2D eigenvalue weighted by Crippen LogP contribution is 2.40. The number of aryl methyl sites for hydroxylation is 1. The normalized spacial score (nSPS) is 11.5. The minimum Gasteiger partial charge on any atom is -0.452 e. The first-order valence-electron chi connectivity index (χ1n) is 12.1. The van der Waals surface area contributed by atoms with Crippen molar-refractivity contribution in [3.8, 4) is 34.1 Å². The van der Waals surface area contributed by atoms with E-state index in [1.807, 2.05) is 6.92 Å². The number of nitrogens with zero attached hydrogens (tertiary/aromatic N) is 1. The van der Waals surface area contributed by atoms with Gasteiger partial charge in [0.2, 0.25) is 7.85 Å². The van der Waals surface area contributed by atoms with Crippen LogP contribution in [0.5, 0.6) is 23.0 Å². The largest absolute Gasteiger partial charge is 0.573 e. The molecule has 0 saturated carbocycles. The second-order valence-corrected chi connectivity index (χ2v) is 8.96. The van der Waals surface area contributed by atoms with Gasteiger partial charge in [0.1, 0.15) is 28.6 Å². The Kier molecular flexibility index (Phi) is 8.59. The fourth-order valence-corrected chi connectivity index (χ4v) is 3.76. The molecule has 2 radical (unpaired) electrons. The SMILES string of the molecule is [B]C(O)(O)Oc1cc(OC(F)(F)F)ccc1Oc1cc(-c2ccc(C)cc2)cc(F)c1C(=O)Nc1ccnc(C(N)=O)c1. The molecule has 1 heterocycles. The summed E-state index contributed by atoms with van der Waals surface area (Å²) in [6.45, 7) is 1.84. The number of carbonyl (C=O) groups is 2. The Bertz CT molecular complexity index is 1680. The predicted octanol–water partition coefficient (Wildman–Crippen LogP) is 4.38. The molecule has 0 unspecified atom stereocenters. The van der Waals surface area contributed by atoms with Crippen molar-refractivity contribution >= 4 is 25.3 Å². The Morgan fingerprint density at radius 2 is 1.60 bits per heavy atom. The smallest absolute Gasteiger partial charge is 0.452 e. The summed E-state index contributed by atoms with van der Waals surface area (Å²) in [5, 5.41) is 21.5. The number of pyridine rings is 1. The predicted molar refractivity (Wildman–Crippen MR) is 144 cm³/mol. The number of hydrogen-bond donors (Lipinski definition) is 4. The molecule has 4 aromatic rings. The first-order valence-corrected chi connectivity index (χ1v) is 12.1. The Hall–Kier alpha value is -5.15. The van der Waals surface area contributed by atoms with Crippen molar-refractivity contribution in [3.63, 3.8) is 0 Å². The zero-order valence-corrected chi connectivity index (χ0v) is 22.0. The van der Waals surface area contributed by atoms with E-state index in [0.717, 1.165) is 29.8 Å². The highest BCUT2D eigenvalue weighted by molar-refractivity contribution is 6.12. The minimum atomic E-state index is -5.12. The van der Waals surface area contributed by atoms with Gasteiger partial charge < -0.3 is 35.5 Å². The summed E-state index contributed by atoms with van der Waals surface area (Å²) >= 11 is 0. The molecule has 15 heteroatoms. The number of halogens is 4. The van der Waals surface area contributed by atoms with Crippen molar-refractivity contribution in [1.29, 1.82) is 0 Å². The molecule has 1 aromatic heterocycles. The van der Waals surface area contributed by atoms with Gasteiger partial charge in [0.25, 0.3) is 17.7 Å². The first-order chi connectivity index (χ1) is 20.1. The van der Waals surface area contributed by atoms with Crippen molar-refractivity contribution < 1.29 is 51.6 Å². The van der Waals surface area contributed by atoms with Gasteiger partial charge in [-0.05, 0) is 54.4 Å². The molecular weight excluding hydrogens is 577 g/mol. The van der Waals surface area contributed by atoms with Crippen molar-refractivity contribution in [2.75, 3.05) is 5.32 Å². The lowest BCUT2D eigenvalue weighted by Gasteiger charge is -2.22. The number of primary amides is 1. The van der Waals surface area contributed by atoms with Gasteiger partial charge >= 0.3 is 6.36 Å². The lowest BCUT2D eigenvalue weighted by Crippen LogP contribution is -2.35. The van der Waals surface area contributed by atoms with Crippen LogP contribution in [0.1, 0.15) is 26.4 Å². The second kappa shape index (κ2) is 12.0. The van der Waals surface area contributed by atoms with Gasteiger partial charge in [0.05, 0.1) is 0 Å². The summed E-state index contributed by atoms with van der Waals surface area (Å²) in [6.07, 6.45) is -3.93. The maximum atomic E-state index is 15.7. The number of nitrogens with two attached hydrogens (primary N) is 1. The van der Waals surface area contributed by atoms with Gasteiger partial charge in [-0.15, -0.1) is 13.2 Å². The summed E-state index contributed by atoms with van der Waals surface area (Å²) < 4.78 is 68.3. The molecule has 2 amide bonds. The fourth-order valence-electron chi connectivity index (χ4n) is 3.76. The van der Waals surface area contributed by atoms with Crippen LogP contribution in [0.2, 0.25) is 0 Å². The number of rotatable bonds is 9. The maximum absolute atomic E-state index is 15.7. The molecule has 3 aromatic carbocycles. The van der Waals surface area contributed by atoms with Crippen molar-refractivity contribution in [2.45, 2.75) is 19.2 Å². The summed E-state index contributed by atoms with van der Waals surface area (Å²) in [5.74, 6) is -9.02. The summed E-state index contributed by atoms with van der Waals surface area (Å²) in [7, 11) is 5.05. The molecule has 0 atom stereocenters. The number of alkyl halides is 3. The van der Waals surface area contributed by atoms with Crippen LogP contribution in [-0.4, -0.2) is 47.1 Å². The standard InChI is InChI=1S/C28H20BF4N3O7/c1-14-2-4-15(5-3-14)16-10-19(30)24(26(38)36-17-8-9-35-20(12-17)25(34)37)23(11-16)41-21-7-6-18(42-28(31,32)33)13-22(21)43-27(29,39)40/h2-13,39-40H,1H3,(H2,34,37)(H,35,36,38). The molecule has 0 aliphatic carbocycles. The van der Waals surface area contributed by atoms with E-state index >= 15 is 4.39 Å². The van der Waals surface area contributed by atoms with Crippen LogP contribution in [0, 0.1) is 12.7 Å².